The molecule has 0 atom stereocenters. The molecule has 2 aromatic carbocycles. The number of hydrogen-bond donors (Lipinski definition) is 1. The number of thiazole rings is 1. The third kappa shape index (κ3) is 5.67. The molecule has 0 bridgehead atoms. The van der Waals surface area contributed by atoms with E-state index in [1.165, 1.54) is 35.6 Å². The van der Waals surface area contributed by atoms with Crippen molar-refractivity contribution < 1.29 is 18.7 Å². The maximum atomic E-state index is 13.0. The zero-order valence-corrected chi connectivity index (χ0v) is 18.5. The molecule has 31 heavy (non-hydrogen) atoms. The Balaban J connectivity index is 1.62. The third-order valence-corrected chi connectivity index (χ3v) is 5.79. The molecule has 1 aromatic heterocycles. The number of anilines is 1. The van der Waals surface area contributed by atoms with E-state index in [1.54, 1.807) is 36.1 Å². The van der Waals surface area contributed by atoms with Crippen molar-refractivity contribution in [3.8, 4) is 5.75 Å². The molecule has 0 spiro atoms. The molecule has 2 amide bonds. The molecule has 3 rings (SSSR count). The number of nitrogens with one attached hydrogen (secondary N) is 1. The van der Waals surface area contributed by atoms with Gasteiger partial charge >= 0.3 is 0 Å². The zero-order valence-electron chi connectivity index (χ0n) is 17.6. The molecular formula is C23H24FN3O3S. The van der Waals surface area contributed by atoms with Gasteiger partial charge in [-0.3, -0.25) is 9.59 Å². The number of aryl methyl sites for hydroxylation is 1. The van der Waals surface area contributed by atoms with E-state index in [2.05, 4.69) is 10.3 Å². The van der Waals surface area contributed by atoms with E-state index >= 15 is 0 Å². The molecule has 0 radical (unpaired) electrons. The second-order valence-electron chi connectivity index (χ2n) is 6.77. The Kier molecular flexibility index (Phi) is 7.36. The van der Waals surface area contributed by atoms with Gasteiger partial charge < -0.3 is 15.0 Å². The first-order valence-corrected chi connectivity index (χ1v) is 10.8. The van der Waals surface area contributed by atoms with Crippen molar-refractivity contribution in [2.24, 2.45) is 0 Å². The molecule has 6 nitrogen and oxygen atoms in total. The van der Waals surface area contributed by atoms with Gasteiger partial charge in [-0.1, -0.05) is 0 Å². The van der Waals surface area contributed by atoms with E-state index in [0.29, 0.717) is 45.7 Å². The molecule has 1 N–H and O–H groups in total. The minimum absolute atomic E-state index is 0.0352. The first kappa shape index (κ1) is 22.4. The van der Waals surface area contributed by atoms with Crippen LogP contribution in [0.25, 0.3) is 0 Å². The largest absolute Gasteiger partial charge is 0.486 e. The van der Waals surface area contributed by atoms with Gasteiger partial charge in [0, 0.05) is 24.3 Å². The number of hydrogen-bond acceptors (Lipinski definition) is 5. The molecule has 8 heteroatoms. The van der Waals surface area contributed by atoms with Gasteiger partial charge in [0.05, 0.1) is 5.69 Å². The molecule has 0 unspecified atom stereocenters. The van der Waals surface area contributed by atoms with Crippen LogP contribution >= 0.6 is 11.3 Å². The lowest BCUT2D eigenvalue weighted by Crippen LogP contribution is -2.30. The smallest absolute Gasteiger partial charge is 0.267 e. The van der Waals surface area contributed by atoms with Gasteiger partial charge in [-0.05, 0) is 69.3 Å². The van der Waals surface area contributed by atoms with Crippen LogP contribution in [0.5, 0.6) is 5.75 Å². The maximum Gasteiger partial charge on any atom is 0.267 e. The minimum Gasteiger partial charge on any atom is -0.486 e. The van der Waals surface area contributed by atoms with E-state index in [1.807, 2.05) is 13.8 Å². The molecule has 0 aliphatic heterocycles. The van der Waals surface area contributed by atoms with Crippen LogP contribution in [0.15, 0.2) is 48.5 Å². The SMILES string of the molecule is CCN(CC)C(=O)c1ccc(NC(=O)c2sc(COc3ccc(F)cc3)nc2C)cc1. The molecular weight excluding hydrogens is 417 g/mol. The molecule has 162 valence electrons. The van der Waals surface area contributed by atoms with E-state index in [-0.39, 0.29) is 24.2 Å². The lowest BCUT2D eigenvalue weighted by atomic mass is 10.1. The van der Waals surface area contributed by atoms with Crippen LogP contribution in [0.3, 0.4) is 0 Å². The molecule has 0 fully saturated rings. The molecule has 1 heterocycles. The van der Waals surface area contributed by atoms with Crippen LogP contribution in [-0.4, -0.2) is 34.8 Å². The second kappa shape index (κ2) is 10.2. The summed E-state index contributed by atoms with van der Waals surface area (Å²) in [6.07, 6.45) is 0. The van der Waals surface area contributed by atoms with E-state index < -0.39 is 0 Å². The fraction of sp³-hybridized carbons (Fsp3) is 0.261. The van der Waals surface area contributed by atoms with Crippen molar-refractivity contribution in [3.63, 3.8) is 0 Å². The number of carbonyl (C=O) groups excluding carboxylic acids is 2. The molecule has 0 aliphatic rings. The quantitative estimate of drug-likeness (QED) is 0.540. The van der Waals surface area contributed by atoms with Gasteiger partial charge in [0.1, 0.15) is 28.1 Å². The van der Waals surface area contributed by atoms with Crippen LogP contribution in [0.2, 0.25) is 0 Å². The summed E-state index contributed by atoms with van der Waals surface area (Å²) in [5.74, 6) is -0.112. The van der Waals surface area contributed by atoms with E-state index in [4.69, 9.17) is 4.74 Å². The summed E-state index contributed by atoms with van der Waals surface area (Å²) in [5.41, 5.74) is 1.78. The summed E-state index contributed by atoms with van der Waals surface area (Å²) >= 11 is 1.24. The number of aromatic nitrogens is 1. The fourth-order valence-electron chi connectivity index (χ4n) is 2.98. The zero-order chi connectivity index (χ0) is 22.4. The lowest BCUT2D eigenvalue weighted by Gasteiger charge is -2.18. The van der Waals surface area contributed by atoms with Gasteiger partial charge in [0.2, 0.25) is 0 Å². The number of carbonyl (C=O) groups is 2. The van der Waals surface area contributed by atoms with Crippen LogP contribution in [-0.2, 0) is 6.61 Å². The summed E-state index contributed by atoms with van der Waals surface area (Å²) in [7, 11) is 0. The summed E-state index contributed by atoms with van der Waals surface area (Å²) in [4.78, 5) is 31.7. The van der Waals surface area contributed by atoms with Crippen LogP contribution in [0.4, 0.5) is 10.1 Å². The third-order valence-electron chi connectivity index (χ3n) is 4.66. The average molecular weight is 442 g/mol. The Morgan fingerprint density at radius 3 is 2.32 bits per heavy atom. The monoisotopic (exact) mass is 441 g/mol. The standard InChI is InChI=1S/C23H24FN3O3S/c1-4-27(5-2)23(29)16-6-10-18(11-7-16)26-22(28)21-15(3)25-20(31-21)14-30-19-12-8-17(24)9-13-19/h6-13H,4-5,14H2,1-3H3,(H,26,28). The van der Waals surface area contributed by atoms with Crippen molar-refractivity contribution in [1.29, 1.82) is 0 Å². The number of amides is 2. The van der Waals surface area contributed by atoms with Gasteiger partial charge in [-0.15, -0.1) is 11.3 Å². The Bertz CT molecular complexity index is 1040. The van der Waals surface area contributed by atoms with Crippen molar-refractivity contribution in [2.45, 2.75) is 27.4 Å². The van der Waals surface area contributed by atoms with Crippen molar-refractivity contribution in [3.05, 3.63) is 75.5 Å². The Labute approximate surface area is 184 Å². The van der Waals surface area contributed by atoms with Crippen LogP contribution < -0.4 is 10.1 Å². The topological polar surface area (TPSA) is 71.5 Å². The number of nitrogens with zero attached hydrogens (tertiary/aromatic N) is 2. The predicted molar refractivity (Wildman–Crippen MR) is 119 cm³/mol. The van der Waals surface area contributed by atoms with Gasteiger partial charge in [-0.25, -0.2) is 9.37 Å². The van der Waals surface area contributed by atoms with Gasteiger partial charge in [0.15, 0.2) is 0 Å². The van der Waals surface area contributed by atoms with E-state index in [0.717, 1.165) is 0 Å². The number of benzene rings is 2. The Morgan fingerprint density at radius 2 is 1.71 bits per heavy atom. The minimum atomic E-state index is -0.332. The number of ether oxygens (including phenoxy) is 1. The number of rotatable bonds is 8. The van der Waals surface area contributed by atoms with Gasteiger partial charge in [0.25, 0.3) is 11.8 Å². The van der Waals surface area contributed by atoms with Crippen LogP contribution in [0.1, 0.15) is 44.6 Å². The normalized spacial score (nSPS) is 10.6. The van der Waals surface area contributed by atoms with Crippen LogP contribution in [0, 0.1) is 12.7 Å². The first-order chi connectivity index (χ1) is 14.9. The van der Waals surface area contributed by atoms with Crippen molar-refractivity contribution in [1.82, 2.24) is 9.88 Å². The Morgan fingerprint density at radius 1 is 1.06 bits per heavy atom. The summed E-state index contributed by atoms with van der Waals surface area (Å²) in [6.45, 7) is 7.11. The first-order valence-electron chi connectivity index (χ1n) is 9.96. The molecule has 3 aromatic rings. The highest BCUT2D eigenvalue weighted by Gasteiger charge is 2.17. The highest BCUT2D eigenvalue weighted by atomic mass is 32.1. The Hall–Kier alpha value is -3.26. The van der Waals surface area contributed by atoms with Crippen molar-refractivity contribution >= 4 is 28.8 Å². The highest BCUT2D eigenvalue weighted by Crippen LogP contribution is 2.22. The van der Waals surface area contributed by atoms with Crippen molar-refractivity contribution in [2.75, 3.05) is 18.4 Å². The van der Waals surface area contributed by atoms with Gasteiger partial charge in [-0.2, -0.15) is 0 Å². The maximum absolute atomic E-state index is 13.0. The fourth-order valence-corrected chi connectivity index (χ4v) is 3.85. The molecule has 0 saturated heterocycles. The molecule has 0 saturated carbocycles. The number of halogens is 1. The summed E-state index contributed by atoms with van der Waals surface area (Å²) in [5, 5.41) is 3.49. The summed E-state index contributed by atoms with van der Waals surface area (Å²) < 4.78 is 18.6. The lowest BCUT2D eigenvalue weighted by molar-refractivity contribution is 0.0773. The van der Waals surface area contributed by atoms with E-state index in [9.17, 15) is 14.0 Å². The average Bonchev–Trinajstić information content (AvgIpc) is 3.15. The predicted octanol–water partition coefficient (Wildman–Crippen LogP) is 4.90. The second-order valence-corrected chi connectivity index (χ2v) is 7.86. The highest BCUT2D eigenvalue weighted by molar-refractivity contribution is 7.13. The summed E-state index contributed by atoms with van der Waals surface area (Å²) in [6, 6.07) is 12.6. The molecule has 0 aliphatic carbocycles.